The minimum atomic E-state index is -0.881. The Bertz CT molecular complexity index is 727. The number of amides is 1. The molecule has 124 valence electrons. The number of anilines is 1. The highest BCUT2D eigenvalue weighted by molar-refractivity contribution is 5.92. The maximum atomic E-state index is 13.2. The number of aryl methyl sites for hydroxylation is 2. The zero-order valence-electron chi connectivity index (χ0n) is 13.7. The van der Waals surface area contributed by atoms with Crippen molar-refractivity contribution in [2.75, 3.05) is 11.9 Å². The van der Waals surface area contributed by atoms with Crippen LogP contribution >= 0.6 is 0 Å². The van der Waals surface area contributed by atoms with Crippen LogP contribution in [0, 0.1) is 25.5 Å². The highest BCUT2D eigenvalue weighted by atomic mass is 19.2. The standard InChI is InChI=1S/C16H20F2N4O/c1-9(12-5-6-13(17)14(18)7-12)19-8-15(23)20-16-10(2)21-22(4)11(16)3/h5-7,9,19H,8H2,1-4H3,(H,20,23)/p+1/t9-/m0/s1. The lowest BCUT2D eigenvalue weighted by Gasteiger charge is -2.11. The smallest absolute Gasteiger partial charge is 0.279 e. The van der Waals surface area contributed by atoms with E-state index in [9.17, 15) is 13.6 Å². The minimum Gasteiger partial charge on any atom is -0.333 e. The van der Waals surface area contributed by atoms with Crippen LogP contribution in [0.2, 0.25) is 0 Å². The molecule has 1 atom stereocenters. The van der Waals surface area contributed by atoms with Crippen LogP contribution in [0.25, 0.3) is 0 Å². The van der Waals surface area contributed by atoms with Crippen LogP contribution in [-0.4, -0.2) is 22.2 Å². The van der Waals surface area contributed by atoms with Gasteiger partial charge in [-0.25, -0.2) is 8.78 Å². The van der Waals surface area contributed by atoms with Crippen LogP contribution in [0.15, 0.2) is 18.2 Å². The van der Waals surface area contributed by atoms with Crippen LogP contribution in [-0.2, 0) is 11.8 Å². The fraction of sp³-hybridized carbons (Fsp3) is 0.375. The van der Waals surface area contributed by atoms with Gasteiger partial charge < -0.3 is 10.6 Å². The summed E-state index contributed by atoms with van der Waals surface area (Å²) in [7, 11) is 1.81. The van der Waals surface area contributed by atoms with Gasteiger partial charge in [0.2, 0.25) is 0 Å². The molecule has 0 spiro atoms. The Balaban J connectivity index is 1.94. The Labute approximate surface area is 133 Å². The second-order valence-electron chi connectivity index (χ2n) is 5.62. The molecular formula is C16H21F2N4O+. The zero-order valence-corrected chi connectivity index (χ0v) is 13.7. The van der Waals surface area contributed by atoms with E-state index in [1.165, 1.54) is 6.07 Å². The molecule has 0 fully saturated rings. The zero-order chi connectivity index (χ0) is 17.1. The summed E-state index contributed by atoms with van der Waals surface area (Å²) in [6.45, 7) is 5.72. The molecule has 0 aliphatic heterocycles. The largest absolute Gasteiger partial charge is 0.333 e. The predicted octanol–water partition coefficient (Wildman–Crippen LogP) is 1.58. The van der Waals surface area contributed by atoms with E-state index >= 15 is 0 Å². The van der Waals surface area contributed by atoms with Crippen molar-refractivity contribution in [3.05, 3.63) is 46.8 Å². The van der Waals surface area contributed by atoms with Crippen LogP contribution in [0.1, 0.15) is 29.9 Å². The minimum absolute atomic E-state index is 0.160. The number of aromatic nitrogens is 2. The molecule has 0 bridgehead atoms. The molecule has 1 aromatic heterocycles. The molecule has 0 unspecified atom stereocenters. The van der Waals surface area contributed by atoms with Gasteiger partial charge >= 0.3 is 0 Å². The number of benzene rings is 1. The summed E-state index contributed by atoms with van der Waals surface area (Å²) in [6, 6.07) is 3.61. The summed E-state index contributed by atoms with van der Waals surface area (Å²) >= 11 is 0. The Morgan fingerprint density at radius 2 is 2.04 bits per heavy atom. The van der Waals surface area contributed by atoms with Crippen molar-refractivity contribution in [1.29, 1.82) is 0 Å². The monoisotopic (exact) mass is 323 g/mol. The summed E-state index contributed by atoms with van der Waals surface area (Å²) in [5.74, 6) is -1.92. The van der Waals surface area contributed by atoms with Gasteiger partial charge in [0.25, 0.3) is 5.91 Å². The quantitative estimate of drug-likeness (QED) is 0.877. The molecule has 1 aromatic carbocycles. The topological polar surface area (TPSA) is 63.5 Å². The number of carbonyl (C=O) groups excluding carboxylic acids is 1. The van der Waals surface area contributed by atoms with Crippen LogP contribution in [0.5, 0.6) is 0 Å². The van der Waals surface area contributed by atoms with Crippen molar-refractivity contribution < 1.29 is 18.9 Å². The van der Waals surface area contributed by atoms with Gasteiger partial charge in [-0.2, -0.15) is 5.10 Å². The number of nitrogens with two attached hydrogens (primary N) is 1. The first-order chi connectivity index (χ1) is 10.8. The molecule has 0 aliphatic rings. The van der Waals surface area contributed by atoms with E-state index in [2.05, 4.69) is 10.4 Å². The van der Waals surface area contributed by atoms with Gasteiger partial charge in [0, 0.05) is 12.6 Å². The maximum absolute atomic E-state index is 13.2. The van der Waals surface area contributed by atoms with Crippen molar-refractivity contribution in [3.8, 4) is 0 Å². The molecule has 23 heavy (non-hydrogen) atoms. The first-order valence-corrected chi connectivity index (χ1v) is 7.38. The van der Waals surface area contributed by atoms with Crippen molar-refractivity contribution in [1.82, 2.24) is 9.78 Å². The molecule has 7 heteroatoms. The van der Waals surface area contributed by atoms with Gasteiger partial charge in [0.1, 0.15) is 6.04 Å². The molecule has 0 radical (unpaired) electrons. The number of quaternary nitrogens is 1. The normalized spacial score (nSPS) is 12.3. The van der Waals surface area contributed by atoms with E-state index in [1.807, 2.05) is 27.8 Å². The van der Waals surface area contributed by atoms with Crippen molar-refractivity contribution in [3.63, 3.8) is 0 Å². The van der Waals surface area contributed by atoms with E-state index in [0.29, 0.717) is 11.3 Å². The second kappa shape index (κ2) is 6.87. The fourth-order valence-corrected chi connectivity index (χ4v) is 2.36. The number of nitrogens with zero attached hydrogens (tertiary/aromatic N) is 2. The van der Waals surface area contributed by atoms with Crippen molar-refractivity contribution in [2.45, 2.75) is 26.8 Å². The van der Waals surface area contributed by atoms with Crippen molar-refractivity contribution in [2.24, 2.45) is 7.05 Å². The summed E-state index contributed by atoms with van der Waals surface area (Å²) < 4.78 is 27.9. The highest BCUT2D eigenvalue weighted by Crippen LogP contribution is 2.18. The van der Waals surface area contributed by atoms with Gasteiger partial charge in [-0.1, -0.05) is 0 Å². The summed E-state index contributed by atoms with van der Waals surface area (Å²) in [4.78, 5) is 12.1. The Morgan fingerprint density at radius 1 is 1.35 bits per heavy atom. The van der Waals surface area contributed by atoms with E-state index in [4.69, 9.17) is 0 Å². The summed E-state index contributed by atoms with van der Waals surface area (Å²) in [5, 5.41) is 8.84. The van der Waals surface area contributed by atoms with Gasteiger partial charge in [0.15, 0.2) is 18.2 Å². The predicted molar refractivity (Wildman–Crippen MR) is 82.9 cm³/mol. The lowest BCUT2D eigenvalue weighted by atomic mass is 10.1. The number of carbonyl (C=O) groups is 1. The molecule has 0 saturated heterocycles. The lowest BCUT2D eigenvalue weighted by Crippen LogP contribution is -2.86. The molecule has 0 saturated carbocycles. The number of rotatable bonds is 5. The average molecular weight is 323 g/mol. The lowest BCUT2D eigenvalue weighted by molar-refractivity contribution is -0.682. The molecule has 2 aromatic rings. The second-order valence-corrected chi connectivity index (χ2v) is 5.62. The molecule has 3 N–H and O–H groups in total. The Hall–Kier alpha value is -2.28. The number of hydrogen-bond acceptors (Lipinski definition) is 2. The van der Waals surface area contributed by atoms with Gasteiger partial charge in [-0.15, -0.1) is 0 Å². The SMILES string of the molecule is Cc1nn(C)c(C)c1NC(=O)C[NH2+][C@@H](C)c1ccc(F)c(F)c1. The molecular weight excluding hydrogens is 302 g/mol. The van der Waals surface area contributed by atoms with E-state index in [-0.39, 0.29) is 18.5 Å². The van der Waals surface area contributed by atoms with Crippen LogP contribution < -0.4 is 10.6 Å². The van der Waals surface area contributed by atoms with Gasteiger partial charge in [-0.3, -0.25) is 9.48 Å². The number of halogens is 2. The number of nitrogens with one attached hydrogen (secondary N) is 1. The first-order valence-electron chi connectivity index (χ1n) is 7.38. The highest BCUT2D eigenvalue weighted by Gasteiger charge is 2.16. The third-order valence-corrected chi connectivity index (χ3v) is 3.90. The van der Waals surface area contributed by atoms with Crippen LogP contribution in [0.4, 0.5) is 14.5 Å². The first kappa shape index (κ1) is 17.1. The van der Waals surface area contributed by atoms with E-state index < -0.39 is 11.6 Å². The summed E-state index contributed by atoms with van der Waals surface area (Å²) in [6.07, 6.45) is 0. The molecule has 0 aliphatic carbocycles. The third kappa shape index (κ3) is 3.92. The van der Waals surface area contributed by atoms with E-state index in [1.54, 1.807) is 10.00 Å². The molecule has 1 heterocycles. The Morgan fingerprint density at radius 3 is 2.61 bits per heavy atom. The average Bonchev–Trinajstić information content (AvgIpc) is 2.74. The van der Waals surface area contributed by atoms with Gasteiger partial charge in [-0.05, 0) is 39.0 Å². The summed E-state index contributed by atoms with van der Waals surface area (Å²) in [5.41, 5.74) is 2.98. The molecule has 2 rings (SSSR count). The molecule has 1 amide bonds. The third-order valence-electron chi connectivity index (χ3n) is 3.90. The maximum Gasteiger partial charge on any atom is 0.279 e. The van der Waals surface area contributed by atoms with Gasteiger partial charge in [0.05, 0.1) is 17.1 Å². The Kier molecular flexibility index (Phi) is 5.10. The fourth-order valence-electron chi connectivity index (χ4n) is 2.36. The van der Waals surface area contributed by atoms with Crippen LogP contribution in [0.3, 0.4) is 0 Å². The van der Waals surface area contributed by atoms with E-state index in [0.717, 1.165) is 23.5 Å². The number of hydrogen-bond donors (Lipinski definition) is 2. The van der Waals surface area contributed by atoms with Crippen molar-refractivity contribution >= 4 is 11.6 Å². The molecule has 5 nitrogen and oxygen atoms in total.